The SMILES string of the molecule is CC(C)(C)OC(=O)CCCC[N+]1(C)CCc2c(sc(NC(=O)Nc3ccc(Cl)cc3)c2C(N)=O)C1.[I-]. The molecule has 3 amide bonds. The summed E-state index contributed by atoms with van der Waals surface area (Å²) in [6.45, 7) is 8.11. The van der Waals surface area contributed by atoms with E-state index in [1.54, 1.807) is 24.3 Å². The van der Waals surface area contributed by atoms with Gasteiger partial charge in [-0.15, -0.1) is 11.3 Å². The van der Waals surface area contributed by atoms with Gasteiger partial charge in [-0.3, -0.25) is 14.9 Å². The Morgan fingerprint density at radius 1 is 1.14 bits per heavy atom. The van der Waals surface area contributed by atoms with Crippen LogP contribution in [0.5, 0.6) is 0 Å². The molecule has 1 unspecified atom stereocenters. The maximum absolute atomic E-state index is 12.6. The maximum atomic E-state index is 12.6. The summed E-state index contributed by atoms with van der Waals surface area (Å²) in [6, 6.07) is 6.31. The second-order valence-electron chi connectivity index (χ2n) is 10.2. The van der Waals surface area contributed by atoms with E-state index in [0.717, 1.165) is 47.4 Å². The molecule has 4 N–H and O–H groups in total. The number of ether oxygens (including phenoxy) is 1. The highest BCUT2D eigenvalue weighted by molar-refractivity contribution is 7.17. The van der Waals surface area contributed by atoms with Crippen LogP contribution in [0.1, 0.15) is 60.8 Å². The number of likely N-dealkylation sites (N-methyl/N-ethyl adjacent to an activating group) is 1. The number of nitrogens with one attached hydrogen (secondary N) is 2. The minimum absolute atomic E-state index is 0. The number of quaternary nitrogens is 1. The molecular weight excluding hydrogens is 615 g/mol. The number of primary amides is 1. The van der Waals surface area contributed by atoms with Gasteiger partial charge in [0.05, 0.1) is 30.6 Å². The van der Waals surface area contributed by atoms with Crippen molar-refractivity contribution in [2.75, 3.05) is 30.8 Å². The van der Waals surface area contributed by atoms with Gasteiger partial charge in [-0.05, 0) is 63.4 Å². The summed E-state index contributed by atoms with van der Waals surface area (Å²) in [5.41, 5.74) is 7.14. The minimum Gasteiger partial charge on any atom is -1.00 e. The largest absolute Gasteiger partial charge is 1.00 e. The molecule has 1 aromatic heterocycles. The van der Waals surface area contributed by atoms with Gasteiger partial charge in [0, 0.05) is 23.6 Å². The summed E-state index contributed by atoms with van der Waals surface area (Å²) in [5, 5.41) is 6.58. The van der Waals surface area contributed by atoms with Gasteiger partial charge in [0.2, 0.25) is 0 Å². The Morgan fingerprint density at radius 3 is 2.42 bits per heavy atom. The summed E-state index contributed by atoms with van der Waals surface area (Å²) in [4.78, 5) is 37.8. The van der Waals surface area contributed by atoms with Crippen LogP contribution in [0.4, 0.5) is 15.5 Å². The lowest BCUT2D eigenvalue weighted by atomic mass is 10.0. The predicted molar refractivity (Wildman–Crippen MR) is 140 cm³/mol. The van der Waals surface area contributed by atoms with E-state index in [9.17, 15) is 14.4 Å². The van der Waals surface area contributed by atoms with Crippen molar-refractivity contribution in [2.24, 2.45) is 5.73 Å². The van der Waals surface area contributed by atoms with Crippen LogP contribution < -0.4 is 40.3 Å². The molecule has 2 aromatic rings. The van der Waals surface area contributed by atoms with E-state index in [4.69, 9.17) is 22.1 Å². The van der Waals surface area contributed by atoms with Gasteiger partial charge in [0.25, 0.3) is 5.91 Å². The minimum atomic E-state index is -0.544. The van der Waals surface area contributed by atoms with E-state index in [0.29, 0.717) is 34.1 Å². The number of unbranched alkanes of at least 4 members (excludes halogenated alkanes) is 1. The number of carbonyl (C=O) groups is 3. The van der Waals surface area contributed by atoms with E-state index >= 15 is 0 Å². The average molecular weight is 649 g/mol. The zero-order valence-electron chi connectivity index (χ0n) is 21.1. The zero-order valence-corrected chi connectivity index (χ0v) is 24.8. The third-order valence-corrected chi connectivity index (χ3v) is 7.23. The molecule has 2 heterocycles. The number of hydrogen-bond acceptors (Lipinski definition) is 5. The summed E-state index contributed by atoms with van der Waals surface area (Å²) in [6.07, 6.45) is 2.77. The van der Waals surface area contributed by atoms with Crippen molar-refractivity contribution < 1.29 is 47.6 Å². The molecule has 1 aliphatic rings. The second-order valence-corrected chi connectivity index (χ2v) is 11.7. The molecular formula is C25H34ClIN4O4S. The summed E-state index contributed by atoms with van der Waals surface area (Å²) >= 11 is 7.29. The first-order valence-electron chi connectivity index (χ1n) is 11.7. The molecule has 1 atom stereocenters. The number of fused-ring (bicyclic) bond motifs is 1. The molecule has 198 valence electrons. The lowest BCUT2D eigenvalue weighted by molar-refractivity contribution is -0.924. The van der Waals surface area contributed by atoms with Crippen molar-refractivity contribution in [1.29, 1.82) is 0 Å². The summed E-state index contributed by atoms with van der Waals surface area (Å²) in [7, 11) is 2.18. The van der Waals surface area contributed by atoms with Crippen LogP contribution in [-0.4, -0.2) is 48.1 Å². The Hall–Kier alpha value is -1.89. The lowest BCUT2D eigenvalue weighted by Crippen LogP contribution is -3.00. The van der Waals surface area contributed by atoms with Crippen molar-refractivity contribution in [1.82, 2.24) is 0 Å². The Kier molecular flexibility index (Phi) is 10.6. The Bertz CT molecular complexity index is 1100. The van der Waals surface area contributed by atoms with E-state index in [2.05, 4.69) is 17.7 Å². The quantitative estimate of drug-likeness (QED) is 0.176. The van der Waals surface area contributed by atoms with E-state index in [1.807, 2.05) is 20.8 Å². The number of esters is 1. The number of anilines is 2. The second kappa shape index (κ2) is 12.6. The molecule has 0 saturated heterocycles. The lowest BCUT2D eigenvalue weighted by Gasteiger charge is -2.37. The highest BCUT2D eigenvalue weighted by atomic mass is 127. The normalized spacial score (nSPS) is 16.9. The van der Waals surface area contributed by atoms with Crippen LogP contribution >= 0.6 is 22.9 Å². The first-order chi connectivity index (χ1) is 16.3. The van der Waals surface area contributed by atoms with Crippen molar-refractivity contribution in [2.45, 2.75) is 58.6 Å². The fourth-order valence-electron chi connectivity index (χ4n) is 4.21. The number of amides is 3. The van der Waals surface area contributed by atoms with Crippen molar-refractivity contribution in [3.05, 3.63) is 45.3 Å². The van der Waals surface area contributed by atoms with Crippen LogP contribution in [-0.2, 0) is 22.5 Å². The van der Waals surface area contributed by atoms with Crippen molar-refractivity contribution >= 4 is 51.5 Å². The van der Waals surface area contributed by atoms with Gasteiger partial charge in [-0.2, -0.15) is 0 Å². The van der Waals surface area contributed by atoms with Crippen LogP contribution in [0.2, 0.25) is 5.02 Å². The number of hydrogen-bond donors (Lipinski definition) is 3. The molecule has 11 heteroatoms. The highest BCUT2D eigenvalue weighted by Crippen LogP contribution is 2.38. The molecule has 1 aliphatic heterocycles. The third-order valence-electron chi connectivity index (χ3n) is 5.84. The fraction of sp³-hybridized carbons (Fsp3) is 0.480. The van der Waals surface area contributed by atoms with Crippen molar-refractivity contribution in [3.63, 3.8) is 0 Å². The van der Waals surface area contributed by atoms with Gasteiger partial charge in [-0.25, -0.2) is 4.79 Å². The number of nitrogens with two attached hydrogens (primary N) is 1. The molecule has 0 spiro atoms. The van der Waals surface area contributed by atoms with Gasteiger partial charge in [0.15, 0.2) is 0 Å². The number of halogens is 2. The number of urea groups is 1. The zero-order chi connectivity index (χ0) is 25.8. The Morgan fingerprint density at radius 2 is 1.81 bits per heavy atom. The number of carbonyl (C=O) groups excluding carboxylic acids is 3. The average Bonchev–Trinajstić information content (AvgIpc) is 3.08. The topological polar surface area (TPSA) is 111 Å². The first-order valence-corrected chi connectivity index (χ1v) is 12.9. The fourth-order valence-corrected chi connectivity index (χ4v) is 5.75. The summed E-state index contributed by atoms with van der Waals surface area (Å²) < 4.78 is 6.18. The molecule has 3 rings (SSSR count). The Labute approximate surface area is 238 Å². The maximum Gasteiger partial charge on any atom is 0.324 e. The number of rotatable bonds is 8. The van der Waals surface area contributed by atoms with E-state index < -0.39 is 17.5 Å². The number of nitrogens with zero attached hydrogens (tertiary/aromatic N) is 1. The standard InChI is InChI=1S/C25H33ClN4O4S.HI/c1-25(2,3)34-20(31)7-5-6-13-30(4)14-12-18-19(15-30)35-23(21(18)22(27)32)29-24(33)28-17-10-8-16(26)9-11-17;/h8-11H,5-7,12-15H2,1-4H3,(H3-,27,28,29,32,33);1H. The van der Waals surface area contributed by atoms with Gasteiger partial charge in [-0.1, -0.05) is 11.6 Å². The summed E-state index contributed by atoms with van der Waals surface area (Å²) in [5.74, 6) is -0.712. The molecule has 0 aliphatic carbocycles. The molecule has 0 bridgehead atoms. The molecule has 0 saturated carbocycles. The van der Waals surface area contributed by atoms with Crippen molar-refractivity contribution in [3.8, 4) is 0 Å². The first kappa shape index (κ1) is 30.3. The van der Waals surface area contributed by atoms with Gasteiger partial charge in [0.1, 0.15) is 17.1 Å². The van der Waals surface area contributed by atoms with E-state index in [1.165, 1.54) is 11.3 Å². The smallest absolute Gasteiger partial charge is 0.324 e. The number of thiophene rings is 1. The van der Waals surface area contributed by atoms with Gasteiger partial charge >= 0.3 is 12.0 Å². The van der Waals surface area contributed by atoms with Crippen LogP contribution in [0, 0.1) is 0 Å². The third kappa shape index (κ3) is 8.60. The van der Waals surface area contributed by atoms with E-state index in [-0.39, 0.29) is 29.9 Å². The van der Waals surface area contributed by atoms with Crippen LogP contribution in [0.3, 0.4) is 0 Å². The monoisotopic (exact) mass is 648 g/mol. The molecule has 0 radical (unpaired) electrons. The molecule has 0 fully saturated rings. The van der Waals surface area contributed by atoms with Crippen LogP contribution in [0.25, 0.3) is 0 Å². The molecule has 1 aromatic carbocycles. The highest BCUT2D eigenvalue weighted by Gasteiger charge is 2.34. The predicted octanol–water partition coefficient (Wildman–Crippen LogP) is 2.16. The van der Waals surface area contributed by atoms with Crippen LogP contribution in [0.15, 0.2) is 24.3 Å². The molecule has 36 heavy (non-hydrogen) atoms. The molecule has 8 nitrogen and oxygen atoms in total. The number of benzene rings is 1. The Balaban J connectivity index is 0.00000456. The van der Waals surface area contributed by atoms with Gasteiger partial charge < -0.3 is 44.2 Å².